The number of carboxylic acid groups (broad SMARTS) is 1. The first-order valence-corrected chi connectivity index (χ1v) is 5.74. The number of rotatable bonds is 5. The van der Waals surface area contributed by atoms with Crippen LogP contribution >= 0.6 is 15.9 Å². The number of carboxylic acids is 1. The van der Waals surface area contributed by atoms with E-state index in [1.165, 1.54) is 5.56 Å². The fourth-order valence-corrected chi connectivity index (χ4v) is 1.63. The van der Waals surface area contributed by atoms with Crippen LogP contribution < -0.4 is 0 Å². The monoisotopic (exact) mass is 256 g/mol. The van der Waals surface area contributed by atoms with Gasteiger partial charge in [-0.3, -0.25) is 0 Å². The highest BCUT2D eigenvalue weighted by Crippen LogP contribution is 2.08. The van der Waals surface area contributed by atoms with E-state index in [1.54, 1.807) is 12.1 Å². The lowest BCUT2D eigenvalue weighted by Crippen LogP contribution is -1.96. The number of unbranched alkanes of at least 4 members (excludes halogenated alkanes) is 1. The Morgan fingerprint density at radius 2 is 1.86 bits per heavy atom. The lowest BCUT2D eigenvalue weighted by atomic mass is 10.1. The highest BCUT2D eigenvalue weighted by molar-refractivity contribution is 9.09. The number of aromatic carboxylic acids is 1. The van der Waals surface area contributed by atoms with Gasteiger partial charge in [0.1, 0.15) is 0 Å². The predicted molar refractivity (Wildman–Crippen MR) is 60.1 cm³/mol. The molecule has 0 atom stereocenters. The summed E-state index contributed by atoms with van der Waals surface area (Å²) in [7, 11) is 0. The molecule has 0 spiro atoms. The van der Waals surface area contributed by atoms with Gasteiger partial charge < -0.3 is 5.11 Å². The van der Waals surface area contributed by atoms with E-state index >= 15 is 0 Å². The van der Waals surface area contributed by atoms with Crippen molar-refractivity contribution in [2.24, 2.45) is 0 Å². The number of alkyl halides is 1. The third kappa shape index (κ3) is 3.50. The molecule has 0 aromatic heterocycles. The van der Waals surface area contributed by atoms with Crippen LogP contribution in [0.4, 0.5) is 0 Å². The second-order valence-electron chi connectivity index (χ2n) is 3.15. The number of benzene rings is 1. The topological polar surface area (TPSA) is 37.3 Å². The normalized spacial score (nSPS) is 10.1. The Balaban J connectivity index is 2.51. The molecule has 1 N–H and O–H groups in total. The number of hydrogen-bond donors (Lipinski definition) is 1. The number of aryl methyl sites for hydroxylation is 1. The molecule has 1 aromatic rings. The van der Waals surface area contributed by atoms with Gasteiger partial charge in [0.2, 0.25) is 0 Å². The molecule has 3 heteroatoms. The maximum atomic E-state index is 10.6. The molecule has 0 fully saturated rings. The molecule has 0 aliphatic carbocycles. The zero-order valence-electron chi connectivity index (χ0n) is 7.87. The Hall–Kier alpha value is -0.830. The van der Waals surface area contributed by atoms with E-state index in [0.717, 1.165) is 24.6 Å². The first kappa shape index (κ1) is 11.2. The fraction of sp³-hybridized carbons (Fsp3) is 0.364. The molecule has 14 heavy (non-hydrogen) atoms. The summed E-state index contributed by atoms with van der Waals surface area (Å²) in [4.78, 5) is 10.6. The molecule has 0 radical (unpaired) electrons. The summed E-state index contributed by atoms with van der Waals surface area (Å²) < 4.78 is 0. The number of halogens is 1. The van der Waals surface area contributed by atoms with E-state index in [9.17, 15) is 4.79 Å². The van der Waals surface area contributed by atoms with E-state index in [0.29, 0.717) is 5.56 Å². The molecule has 76 valence electrons. The summed E-state index contributed by atoms with van der Waals surface area (Å²) in [5.74, 6) is -0.864. The van der Waals surface area contributed by atoms with Crippen LogP contribution in [-0.4, -0.2) is 16.4 Å². The zero-order chi connectivity index (χ0) is 10.4. The van der Waals surface area contributed by atoms with Crippen LogP contribution in [0.5, 0.6) is 0 Å². The minimum Gasteiger partial charge on any atom is -0.478 e. The molecule has 0 amide bonds. The van der Waals surface area contributed by atoms with Crippen molar-refractivity contribution in [3.05, 3.63) is 35.4 Å². The van der Waals surface area contributed by atoms with Gasteiger partial charge in [0.15, 0.2) is 0 Å². The fourth-order valence-electron chi connectivity index (χ4n) is 1.24. The highest BCUT2D eigenvalue weighted by Gasteiger charge is 2.00. The average molecular weight is 257 g/mol. The summed E-state index contributed by atoms with van der Waals surface area (Å²) in [6, 6.07) is 7.09. The maximum Gasteiger partial charge on any atom is 0.335 e. The van der Waals surface area contributed by atoms with Crippen molar-refractivity contribution in [1.29, 1.82) is 0 Å². The zero-order valence-corrected chi connectivity index (χ0v) is 9.46. The lowest BCUT2D eigenvalue weighted by molar-refractivity contribution is 0.0697. The van der Waals surface area contributed by atoms with E-state index in [2.05, 4.69) is 15.9 Å². The molecule has 1 aromatic carbocycles. The van der Waals surface area contributed by atoms with Crippen molar-refractivity contribution in [3.8, 4) is 0 Å². The first-order chi connectivity index (χ1) is 6.74. The molecule has 0 bridgehead atoms. The number of hydrogen-bond acceptors (Lipinski definition) is 1. The highest BCUT2D eigenvalue weighted by atomic mass is 79.9. The van der Waals surface area contributed by atoms with Gasteiger partial charge in [0.05, 0.1) is 5.56 Å². The molecular formula is C11H13BrO2. The Bertz CT molecular complexity index is 293. The average Bonchev–Trinajstić information content (AvgIpc) is 2.19. The number of carbonyl (C=O) groups is 1. The minimum atomic E-state index is -0.864. The van der Waals surface area contributed by atoms with Crippen molar-refractivity contribution < 1.29 is 9.90 Å². The van der Waals surface area contributed by atoms with Gasteiger partial charge in [-0.15, -0.1) is 0 Å². The summed E-state index contributed by atoms with van der Waals surface area (Å²) in [6.45, 7) is 0. The van der Waals surface area contributed by atoms with Gasteiger partial charge in [0.25, 0.3) is 0 Å². The van der Waals surface area contributed by atoms with Gasteiger partial charge in [-0.1, -0.05) is 28.1 Å². The van der Waals surface area contributed by atoms with Crippen molar-refractivity contribution in [2.45, 2.75) is 19.3 Å². The van der Waals surface area contributed by atoms with Gasteiger partial charge in [-0.25, -0.2) is 4.79 Å². The van der Waals surface area contributed by atoms with Crippen molar-refractivity contribution >= 4 is 21.9 Å². The van der Waals surface area contributed by atoms with Crippen LogP contribution in [0.25, 0.3) is 0 Å². The minimum absolute atomic E-state index is 0.356. The first-order valence-electron chi connectivity index (χ1n) is 4.62. The van der Waals surface area contributed by atoms with E-state index in [1.807, 2.05) is 12.1 Å². The molecule has 0 saturated heterocycles. The molecular weight excluding hydrogens is 244 g/mol. The second kappa shape index (κ2) is 5.81. The van der Waals surface area contributed by atoms with Gasteiger partial charge in [-0.05, 0) is 37.0 Å². The summed E-state index contributed by atoms with van der Waals surface area (Å²) in [6.07, 6.45) is 3.31. The smallest absolute Gasteiger partial charge is 0.335 e. The van der Waals surface area contributed by atoms with Crippen LogP contribution in [-0.2, 0) is 6.42 Å². The Morgan fingerprint density at radius 3 is 2.36 bits per heavy atom. The van der Waals surface area contributed by atoms with Crippen LogP contribution in [0.2, 0.25) is 0 Å². The van der Waals surface area contributed by atoms with Crippen LogP contribution in [0, 0.1) is 0 Å². The third-order valence-corrected chi connectivity index (χ3v) is 2.61. The Labute approximate surface area is 92.1 Å². The molecule has 0 aliphatic heterocycles. The van der Waals surface area contributed by atoms with Crippen molar-refractivity contribution in [1.82, 2.24) is 0 Å². The summed E-state index contributed by atoms with van der Waals surface area (Å²) in [5.41, 5.74) is 1.56. The largest absolute Gasteiger partial charge is 0.478 e. The van der Waals surface area contributed by atoms with Crippen LogP contribution in [0.3, 0.4) is 0 Å². The Kier molecular flexibility index (Phi) is 4.66. The summed E-state index contributed by atoms with van der Waals surface area (Å²) >= 11 is 3.38. The van der Waals surface area contributed by atoms with E-state index < -0.39 is 5.97 Å². The molecule has 0 saturated carbocycles. The SMILES string of the molecule is O=C(O)c1ccc(CCCCBr)cc1. The molecule has 0 heterocycles. The molecule has 0 unspecified atom stereocenters. The lowest BCUT2D eigenvalue weighted by Gasteiger charge is -2.00. The standard InChI is InChI=1S/C11H13BrO2/c12-8-2-1-3-9-4-6-10(7-5-9)11(13)14/h4-7H,1-3,8H2,(H,13,14). The van der Waals surface area contributed by atoms with Gasteiger partial charge in [0, 0.05) is 5.33 Å². The van der Waals surface area contributed by atoms with Gasteiger partial charge in [-0.2, -0.15) is 0 Å². The molecule has 0 aliphatic rings. The quantitative estimate of drug-likeness (QED) is 0.650. The van der Waals surface area contributed by atoms with Crippen LogP contribution in [0.15, 0.2) is 24.3 Å². The van der Waals surface area contributed by atoms with Crippen molar-refractivity contribution in [3.63, 3.8) is 0 Å². The Morgan fingerprint density at radius 1 is 1.21 bits per heavy atom. The maximum absolute atomic E-state index is 10.6. The predicted octanol–water partition coefficient (Wildman–Crippen LogP) is 3.10. The van der Waals surface area contributed by atoms with Crippen LogP contribution in [0.1, 0.15) is 28.8 Å². The molecule has 2 nitrogen and oxygen atoms in total. The second-order valence-corrected chi connectivity index (χ2v) is 3.94. The van der Waals surface area contributed by atoms with Gasteiger partial charge >= 0.3 is 5.97 Å². The third-order valence-electron chi connectivity index (χ3n) is 2.05. The summed E-state index contributed by atoms with van der Waals surface area (Å²) in [5, 5.41) is 9.71. The van der Waals surface area contributed by atoms with E-state index in [4.69, 9.17) is 5.11 Å². The van der Waals surface area contributed by atoms with Crippen molar-refractivity contribution in [2.75, 3.05) is 5.33 Å². The van der Waals surface area contributed by atoms with E-state index in [-0.39, 0.29) is 0 Å². The molecule has 1 rings (SSSR count).